The van der Waals surface area contributed by atoms with E-state index < -0.39 is 0 Å². The zero-order valence-electron chi connectivity index (χ0n) is 21.6. The Hall–Kier alpha value is -2.97. The Morgan fingerprint density at radius 2 is 1.17 bits per heavy atom. The Bertz CT molecular complexity index is 1870. The monoisotopic (exact) mass is 869 g/mol. The molecular weight excluding hydrogens is 847 g/mol. The number of halogens is 3. The van der Waals surface area contributed by atoms with Crippen molar-refractivity contribution in [3.63, 3.8) is 0 Å². The highest BCUT2D eigenvalue weighted by molar-refractivity contribution is 14.1. The first-order valence-electron chi connectivity index (χ1n) is 12.9. The predicted octanol–water partition coefficient (Wildman–Crippen LogP) is 9.12. The maximum Gasteiger partial charge on any atom is 0.146 e. The number of aromatic nitrogens is 5. The first-order valence-corrected chi connectivity index (χ1v) is 16.1. The maximum atomic E-state index is 4.63. The van der Waals surface area contributed by atoms with Crippen molar-refractivity contribution in [2.75, 3.05) is 0 Å². The molecule has 2 aromatic carbocycles. The molecule has 0 radical (unpaired) electrons. The fraction of sp³-hybridized carbons (Fsp3) is 0.0303. The Morgan fingerprint density at radius 3 is 1.95 bits per heavy atom. The number of pyridine rings is 4. The van der Waals surface area contributed by atoms with Gasteiger partial charge in [-0.3, -0.25) is 9.55 Å². The summed E-state index contributed by atoms with van der Waals surface area (Å²) in [6.45, 7) is 0. The summed E-state index contributed by atoms with van der Waals surface area (Å²) in [6, 6.07) is 37.1. The Balaban J connectivity index is 0.000000123. The zero-order chi connectivity index (χ0) is 28.2. The summed E-state index contributed by atoms with van der Waals surface area (Å²) in [5.41, 5.74) is 7.35. The van der Waals surface area contributed by atoms with E-state index in [-0.39, 0.29) is 0 Å². The van der Waals surface area contributed by atoms with E-state index in [1.165, 1.54) is 27.8 Å². The number of para-hydroxylation sites is 1. The van der Waals surface area contributed by atoms with Crippen molar-refractivity contribution < 1.29 is 0 Å². The lowest BCUT2D eigenvalue weighted by Gasteiger charge is -2.05. The number of rotatable bonds is 1. The molecule has 0 N–H and O–H groups in total. The van der Waals surface area contributed by atoms with Crippen LogP contribution in [0.4, 0.5) is 0 Å². The van der Waals surface area contributed by atoms with Crippen LogP contribution in [0.15, 0.2) is 122 Å². The molecule has 1 aliphatic carbocycles. The summed E-state index contributed by atoms with van der Waals surface area (Å²) in [4.78, 5) is 17.7. The Morgan fingerprint density at radius 1 is 0.537 bits per heavy atom. The van der Waals surface area contributed by atoms with Gasteiger partial charge in [0.2, 0.25) is 0 Å². The Kier molecular flexibility index (Phi) is 8.87. The maximum absolute atomic E-state index is 4.63. The van der Waals surface area contributed by atoms with E-state index in [0.29, 0.717) is 0 Å². The van der Waals surface area contributed by atoms with Gasteiger partial charge in [-0.25, -0.2) is 15.0 Å². The summed E-state index contributed by atoms with van der Waals surface area (Å²) >= 11 is 6.61. The number of benzene rings is 2. The van der Waals surface area contributed by atoms with Crippen LogP contribution in [0.3, 0.4) is 0 Å². The largest absolute Gasteiger partial charge is 0.278 e. The minimum atomic E-state index is 0.904. The molecule has 0 aliphatic heterocycles. The normalized spacial score (nSPS) is 11.2. The minimum Gasteiger partial charge on any atom is -0.278 e. The second-order valence-corrected chi connectivity index (χ2v) is 12.5. The van der Waals surface area contributed by atoms with Crippen LogP contribution < -0.4 is 0 Å². The molecule has 8 heteroatoms. The number of fused-ring (bicyclic) bond motifs is 6. The molecule has 5 heterocycles. The van der Waals surface area contributed by atoms with Gasteiger partial charge in [-0.2, -0.15) is 0 Å². The number of nitrogens with zero attached hydrogens (tertiary/aromatic N) is 5. The SMILES string of the molecule is Ic1cccc(-n2c3ccccc3c3cccnc32)n1.Ic1cccc(I)n1.c1ccc2c(c1)Cc1ncccc1-2. The van der Waals surface area contributed by atoms with Gasteiger partial charge < -0.3 is 0 Å². The minimum absolute atomic E-state index is 0.904. The van der Waals surface area contributed by atoms with E-state index in [2.05, 4.69) is 147 Å². The molecule has 0 saturated carbocycles. The highest BCUT2D eigenvalue weighted by atomic mass is 127. The van der Waals surface area contributed by atoms with Crippen molar-refractivity contribution in [3.05, 3.63) is 144 Å². The molecule has 200 valence electrons. The van der Waals surface area contributed by atoms with Gasteiger partial charge in [0.25, 0.3) is 0 Å². The lowest BCUT2D eigenvalue weighted by molar-refractivity contribution is 1.04. The standard InChI is InChI=1S/C16H10IN3.C12H9N.C5H3I2N/c17-14-8-3-9-15(19-14)20-13-7-2-1-5-11(13)12-6-4-10-18-16(12)20;1-2-5-10-9(4-1)8-12-11(10)6-3-7-13-12;6-4-2-1-3-5(7)8-4/h1-10H;1-7H,8H2;1-3H. The van der Waals surface area contributed by atoms with Gasteiger partial charge in [0.1, 0.15) is 22.6 Å². The van der Waals surface area contributed by atoms with Crippen molar-refractivity contribution in [3.8, 4) is 16.9 Å². The van der Waals surface area contributed by atoms with Crippen LogP contribution in [0.25, 0.3) is 38.9 Å². The third-order valence-electron chi connectivity index (χ3n) is 6.60. The van der Waals surface area contributed by atoms with Crippen molar-refractivity contribution >= 4 is 89.7 Å². The van der Waals surface area contributed by atoms with Gasteiger partial charge >= 0.3 is 0 Å². The molecule has 0 fully saturated rings. The average molecular weight is 869 g/mol. The van der Waals surface area contributed by atoms with Gasteiger partial charge in [-0.05, 0) is 127 Å². The van der Waals surface area contributed by atoms with Crippen molar-refractivity contribution in [2.45, 2.75) is 6.42 Å². The van der Waals surface area contributed by atoms with E-state index in [1.54, 1.807) is 0 Å². The predicted molar refractivity (Wildman–Crippen MR) is 191 cm³/mol. The fourth-order valence-electron chi connectivity index (χ4n) is 4.88. The van der Waals surface area contributed by atoms with Gasteiger partial charge in [-0.15, -0.1) is 0 Å². The average Bonchev–Trinajstić information content (AvgIpc) is 3.54. The van der Waals surface area contributed by atoms with Crippen LogP contribution in [-0.4, -0.2) is 24.5 Å². The van der Waals surface area contributed by atoms with Crippen molar-refractivity contribution in [1.82, 2.24) is 24.5 Å². The summed E-state index contributed by atoms with van der Waals surface area (Å²) in [6.07, 6.45) is 4.68. The van der Waals surface area contributed by atoms with Gasteiger partial charge in [-0.1, -0.05) is 60.7 Å². The molecule has 41 heavy (non-hydrogen) atoms. The van der Waals surface area contributed by atoms with E-state index in [4.69, 9.17) is 0 Å². The summed E-state index contributed by atoms with van der Waals surface area (Å²) in [5, 5.41) is 2.36. The fourth-order valence-corrected chi connectivity index (χ4v) is 6.73. The number of hydrogen-bond donors (Lipinski definition) is 0. The third kappa shape index (κ3) is 6.28. The molecule has 0 bridgehead atoms. The molecular formula is C33H22I3N5. The lowest BCUT2D eigenvalue weighted by Crippen LogP contribution is -1.99. The highest BCUT2D eigenvalue weighted by Crippen LogP contribution is 2.34. The molecule has 5 aromatic heterocycles. The van der Waals surface area contributed by atoms with E-state index in [1.807, 2.05) is 67.0 Å². The van der Waals surface area contributed by atoms with E-state index in [0.717, 1.165) is 39.9 Å². The molecule has 0 spiro atoms. The molecule has 8 rings (SSSR count). The first-order chi connectivity index (χ1) is 20.1. The van der Waals surface area contributed by atoms with Crippen LogP contribution >= 0.6 is 67.8 Å². The zero-order valence-corrected chi connectivity index (χ0v) is 28.1. The van der Waals surface area contributed by atoms with E-state index >= 15 is 0 Å². The summed E-state index contributed by atoms with van der Waals surface area (Å²) in [5.74, 6) is 0.904. The van der Waals surface area contributed by atoms with Gasteiger partial charge in [0.05, 0.1) is 11.2 Å². The third-order valence-corrected chi connectivity index (χ3v) is 8.40. The van der Waals surface area contributed by atoms with Crippen molar-refractivity contribution in [2.24, 2.45) is 0 Å². The van der Waals surface area contributed by atoms with Crippen LogP contribution in [0.1, 0.15) is 11.3 Å². The molecule has 0 amide bonds. The van der Waals surface area contributed by atoms with Crippen LogP contribution in [0.2, 0.25) is 0 Å². The van der Waals surface area contributed by atoms with E-state index in [9.17, 15) is 0 Å². The number of hydrogen-bond acceptors (Lipinski definition) is 4. The Labute approximate surface area is 278 Å². The smallest absolute Gasteiger partial charge is 0.146 e. The molecule has 0 saturated heterocycles. The van der Waals surface area contributed by atoms with Gasteiger partial charge in [0, 0.05) is 35.2 Å². The molecule has 1 aliphatic rings. The second-order valence-electron chi connectivity index (χ2n) is 9.16. The van der Waals surface area contributed by atoms with Crippen LogP contribution in [-0.2, 0) is 6.42 Å². The van der Waals surface area contributed by atoms with Gasteiger partial charge in [0.15, 0.2) is 0 Å². The molecule has 0 atom stereocenters. The molecule has 7 aromatic rings. The lowest BCUT2D eigenvalue weighted by atomic mass is 10.1. The quantitative estimate of drug-likeness (QED) is 0.122. The first kappa shape index (κ1) is 28.2. The van der Waals surface area contributed by atoms with Crippen LogP contribution in [0, 0.1) is 11.1 Å². The summed E-state index contributed by atoms with van der Waals surface area (Å²) < 4.78 is 5.19. The highest BCUT2D eigenvalue weighted by Gasteiger charge is 2.17. The second kappa shape index (κ2) is 12.9. The summed E-state index contributed by atoms with van der Waals surface area (Å²) in [7, 11) is 0. The van der Waals surface area contributed by atoms with Crippen LogP contribution in [0.5, 0.6) is 0 Å². The topological polar surface area (TPSA) is 56.5 Å². The molecule has 5 nitrogen and oxygen atoms in total. The van der Waals surface area contributed by atoms with Crippen molar-refractivity contribution in [1.29, 1.82) is 0 Å². The molecule has 0 unspecified atom stereocenters.